The molecular formula is C12H21N3. The largest absolute Gasteiger partial charge is 0.330 e. The molecule has 3 nitrogen and oxygen atoms in total. The van der Waals surface area contributed by atoms with Gasteiger partial charge in [0.1, 0.15) is 0 Å². The van der Waals surface area contributed by atoms with Gasteiger partial charge in [0.05, 0.1) is 6.20 Å². The van der Waals surface area contributed by atoms with Crippen LogP contribution in [0.3, 0.4) is 0 Å². The molecule has 0 aliphatic heterocycles. The number of hydrogen-bond donors (Lipinski definition) is 1. The molecule has 0 aromatic carbocycles. The number of hydrogen-bond acceptors (Lipinski definition) is 2. The zero-order chi connectivity index (χ0) is 10.5. The van der Waals surface area contributed by atoms with Crippen LogP contribution in [0.4, 0.5) is 0 Å². The molecule has 0 unspecified atom stereocenters. The van der Waals surface area contributed by atoms with Gasteiger partial charge >= 0.3 is 0 Å². The molecule has 1 aliphatic rings. The van der Waals surface area contributed by atoms with Crippen molar-refractivity contribution in [3.63, 3.8) is 0 Å². The number of rotatable bonds is 5. The van der Waals surface area contributed by atoms with E-state index in [2.05, 4.69) is 16.0 Å². The Hall–Kier alpha value is -0.830. The summed E-state index contributed by atoms with van der Waals surface area (Å²) in [4.78, 5) is 0. The molecule has 1 heterocycles. The lowest BCUT2D eigenvalue weighted by atomic mass is 10.1. The Morgan fingerprint density at radius 2 is 2.20 bits per heavy atom. The molecule has 1 aromatic heterocycles. The minimum Gasteiger partial charge on any atom is -0.330 e. The molecular weight excluding hydrogens is 186 g/mol. The van der Waals surface area contributed by atoms with Crippen LogP contribution in [0.25, 0.3) is 0 Å². The van der Waals surface area contributed by atoms with Gasteiger partial charge in [-0.3, -0.25) is 4.68 Å². The van der Waals surface area contributed by atoms with Crippen LogP contribution in [0, 0.1) is 5.92 Å². The average Bonchev–Trinajstić information content (AvgIpc) is 2.87. The fourth-order valence-corrected chi connectivity index (χ4v) is 2.40. The summed E-state index contributed by atoms with van der Waals surface area (Å²) in [6, 6.07) is 0. The summed E-state index contributed by atoms with van der Waals surface area (Å²) >= 11 is 0. The summed E-state index contributed by atoms with van der Waals surface area (Å²) in [5, 5.41) is 4.41. The summed E-state index contributed by atoms with van der Waals surface area (Å²) < 4.78 is 2.11. The number of aromatic nitrogens is 2. The van der Waals surface area contributed by atoms with Gasteiger partial charge in [-0.25, -0.2) is 0 Å². The van der Waals surface area contributed by atoms with Gasteiger partial charge in [0.15, 0.2) is 0 Å². The zero-order valence-electron chi connectivity index (χ0n) is 9.36. The van der Waals surface area contributed by atoms with Crippen molar-refractivity contribution in [1.29, 1.82) is 0 Å². The Kier molecular flexibility index (Phi) is 3.78. The smallest absolute Gasteiger partial charge is 0.0521 e. The van der Waals surface area contributed by atoms with Crippen molar-refractivity contribution in [2.24, 2.45) is 11.7 Å². The monoisotopic (exact) mass is 207 g/mol. The van der Waals surface area contributed by atoms with Crippen LogP contribution in [-0.2, 0) is 13.0 Å². The van der Waals surface area contributed by atoms with E-state index >= 15 is 0 Å². The SMILES string of the molecule is NCCCc1cnn(CC2CCCC2)c1. The fraction of sp³-hybridized carbons (Fsp3) is 0.750. The third-order valence-corrected chi connectivity index (χ3v) is 3.28. The molecule has 1 fully saturated rings. The summed E-state index contributed by atoms with van der Waals surface area (Å²) in [5.74, 6) is 0.868. The van der Waals surface area contributed by atoms with Gasteiger partial charge in [-0.2, -0.15) is 5.10 Å². The number of nitrogens with zero attached hydrogens (tertiary/aromatic N) is 2. The molecule has 2 N–H and O–H groups in total. The Bertz CT molecular complexity index is 287. The van der Waals surface area contributed by atoms with Gasteiger partial charge in [-0.05, 0) is 43.7 Å². The second-order valence-corrected chi connectivity index (χ2v) is 4.61. The van der Waals surface area contributed by atoms with Crippen LogP contribution in [-0.4, -0.2) is 16.3 Å². The zero-order valence-corrected chi connectivity index (χ0v) is 9.36. The predicted octanol–water partition coefficient (Wildman–Crippen LogP) is 1.96. The van der Waals surface area contributed by atoms with E-state index in [0.29, 0.717) is 0 Å². The molecule has 0 bridgehead atoms. The van der Waals surface area contributed by atoms with Gasteiger partial charge in [0.25, 0.3) is 0 Å². The first-order chi connectivity index (χ1) is 7.38. The first kappa shape index (κ1) is 10.7. The van der Waals surface area contributed by atoms with E-state index in [1.165, 1.54) is 31.2 Å². The molecule has 1 aromatic rings. The van der Waals surface area contributed by atoms with E-state index in [-0.39, 0.29) is 0 Å². The molecule has 3 heteroatoms. The highest BCUT2D eigenvalue weighted by molar-refractivity contribution is 5.03. The first-order valence-corrected chi connectivity index (χ1v) is 6.10. The molecule has 2 rings (SSSR count). The van der Waals surface area contributed by atoms with E-state index < -0.39 is 0 Å². The van der Waals surface area contributed by atoms with Crippen molar-refractivity contribution >= 4 is 0 Å². The molecule has 0 radical (unpaired) electrons. The van der Waals surface area contributed by atoms with Crippen LogP contribution < -0.4 is 5.73 Å². The van der Waals surface area contributed by atoms with Crippen molar-refractivity contribution in [2.45, 2.75) is 45.1 Å². The molecule has 1 saturated carbocycles. The minimum atomic E-state index is 0.772. The standard InChI is InChI=1S/C12H21N3/c13-7-3-6-12-8-14-15(10-12)9-11-4-1-2-5-11/h8,10-11H,1-7,9,13H2. The van der Waals surface area contributed by atoms with E-state index in [9.17, 15) is 0 Å². The number of nitrogens with two attached hydrogens (primary N) is 1. The Morgan fingerprint density at radius 1 is 1.40 bits per heavy atom. The summed E-state index contributed by atoms with van der Waals surface area (Å²) in [6.45, 7) is 1.89. The van der Waals surface area contributed by atoms with E-state index in [1.807, 2.05) is 6.20 Å². The maximum Gasteiger partial charge on any atom is 0.0521 e. The van der Waals surface area contributed by atoms with Crippen LogP contribution in [0.15, 0.2) is 12.4 Å². The van der Waals surface area contributed by atoms with Crippen molar-refractivity contribution in [1.82, 2.24) is 9.78 Å². The summed E-state index contributed by atoms with van der Waals surface area (Å²) in [5.41, 5.74) is 6.82. The fourth-order valence-electron chi connectivity index (χ4n) is 2.40. The summed E-state index contributed by atoms with van der Waals surface area (Å²) in [7, 11) is 0. The van der Waals surface area contributed by atoms with Gasteiger partial charge in [-0.15, -0.1) is 0 Å². The van der Waals surface area contributed by atoms with Crippen LogP contribution in [0.5, 0.6) is 0 Å². The number of aryl methyl sites for hydroxylation is 1. The Labute approximate surface area is 91.7 Å². The molecule has 0 spiro atoms. The molecule has 0 atom stereocenters. The quantitative estimate of drug-likeness (QED) is 0.802. The second-order valence-electron chi connectivity index (χ2n) is 4.61. The maximum absolute atomic E-state index is 5.49. The van der Waals surface area contributed by atoms with Crippen LogP contribution >= 0.6 is 0 Å². The van der Waals surface area contributed by atoms with Crippen molar-refractivity contribution < 1.29 is 0 Å². The molecule has 84 valence electrons. The average molecular weight is 207 g/mol. The predicted molar refractivity (Wildman–Crippen MR) is 61.6 cm³/mol. The van der Waals surface area contributed by atoms with Gasteiger partial charge < -0.3 is 5.73 Å². The van der Waals surface area contributed by atoms with Gasteiger partial charge in [-0.1, -0.05) is 12.8 Å². The van der Waals surface area contributed by atoms with E-state index in [1.54, 1.807) is 0 Å². The van der Waals surface area contributed by atoms with Gasteiger partial charge in [0.2, 0.25) is 0 Å². The third kappa shape index (κ3) is 3.06. The first-order valence-electron chi connectivity index (χ1n) is 6.10. The van der Waals surface area contributed by atoms with Crippen molar-refractivity contribution in [3.05, 3.63) is 18.0 Å². The highest BCUT2D eigenvalue weighted by atomic mass is 15.3. The van der Waals surface area contributed by atoms with Crippen molar-refractivity contribution in [2.75, 3.05) is 6.54 Å². The Balaban J connectivity index is 1.83. The van der Waals surface area contributed by atoms with E-state index in [4.69, 9.17) is 5.73 Å². The molecule has 0 saturated heterocycles. The second kappa shape index (κ2) is 5.31. The van der Waals surface area contributed by atoms with E-state index in [0.717, 1.165) is 31.8 Å². The molecule has 0 amide bonds. The van der Waals surface area contributed by atoms with Gasteiger partial charge in [0, 0.05) is 12.7 Å². The minimum absolute atomic E-state index is 0.772. The van der Waals surface area contributed by atoms with Crippen LogP contribution in [0.1, 0.15) is 37.7 Å². The lowest BCUT2D eigenvalue weighted by Crippen LogP contribution is -2.07. The molecule has 1 aliphatic carbocycles. The normalized spacial score (nSPS) is 17.4. The lowest BCUT2D eigenvalue weighted by molar-refractivity contribution is 0.429. The molecule has 15 heavy (non-hydrogen) atoms. The Morgan fingerprint density at radius 3 is 2.93 bits per heavy atom. The maximum atomic E-state index is 5.49. The topological polar surface area (TPSA) is 43.8 Å². The highest BCUT2D eigenvalue weighted by Crippen LogP contribution is 2.25. The summed E-state index contributed by atoms with van der Waals surface area (Å²) in [6.07, 6.45) is 11.9. The van der Waals surface area contributed by atoms with Crippen LogP contribution in [0.2, 0.25) is 0 Å². The third-order valence-electron chi connectivity index (χ3n) is 3.28. The highest BCUT2D eigenvalue weighted by Gasteiger charge is 2.15. The lowest BCUT2D eigenvalue weighted by Gasteiger charge is -2.07. The van der Waals surface area contributed by atoms with Crippen molar-refractivity contribution in [3.8, 4) is 0 Å².